The zero-order chi connectivity index (χ0) is 16.4. The molecule has 0 amide bonds. The van der Waals surface area contributed by atoms with Gasteiger partial charge in [0.15, 0.2) is 5.58 Å². The fraction of sp³-hybridized carbons (Fsp3) is 0.235. The number of benzene rings is 2. The molecular weight excluding hydrogens is 312 g/mol. The number of fused-ring (bicyclic) bond motifs is 1. The van der Waals surface area contributed by atoms with Crippen LogP contribution < -0.4 is 4.31 Å². The van der Waals surface area contributed by atoms with Gasteiger partial charge in [0.2, 0.25) is 10.0 Å². The number of aryl methyl sites for hydroxylation is 2. The van der Waals surface area contributed by atoms with E-state index in [0.29, 0.717) is 23.4 Å². The maximum atomic E-state index is 12.5. The summed E-state index contributed by atoms with van der Waals surface area (Å²) < 4.78 is 31.6. The van der Waals surface area contributed by atoms with E-state index in [-0.39, 0.29) is 5.75 Å². The van der Waals surface area contributed by atoms with Crippen molar-refractivity contribution >= 4 is 26.7 Å². The first-order valence-corrected chi connectivity index (χ1v) is 8.95. The van der Waals surface area contributed by atoms with E-state index in [4.69, 9.17) is 4.52 Å². The fourth-order valence-electron chi connectivity index (χ4n) is 2.47. The summed E-state index contributed by atoms with van der Waals surface area (Å²) in [5.41, 5.74) is 3.02. The third kappa shape index (κ3) is 3.22. The minimum atomic E-state index is -3.42. The Morgan fingerprint density at radius 1 is 1.13 bits per heavy atom. The lowest BCUT2D eigenvalue weighted by atomic mass is 10.2. The van der Waals surface area contributed by atoms with Crippen molar-refractivity contribution in [2.45, 2.75) is 13.3 Å². The van der Waals surface area contributed by atoms with Gasteiger partial charge in [-0.05, 0) is 36.8 Å². The molecule has 0 atom stereocenters. The highest BCUT2D eigenvalue weighted by Gasteiger charge is 2.20. The van der Waals surface area contributed by atoms with E-state index in [2.05, 4.69) is 5.16 Å². The highest BCUT2D eigenvalue weighted by Crippen LogP contribution is 2.21. The van der Waals surface area contributed by atoms with Crippen LogP contribution in [0.5, 0.6) is 0 Å². The molecule has 1 aromatic heterocycles. The molecule has 120 valence electrons. The summed E-state index contributed by atoms with van der Waals surface area (Å²) in [4.78, 5) is 0. The first kappa shape index (κ1) is 15.6. The lowest BCUT2D eigenvalue weighted by molar-refractivity contribution is 0.447. The van der Waals surface area contributed by atoms with Crippen molar-refractivity contribution < 1.29 is 12.9 Å². The van der Waals surface area contributed by atoms with Crippen LogP contribution in [0, 0.1) is 6.92 Å². The Balaban J connectivity index is 1.78. The minimum Gasteiger partial charge on any atom is -0.356 e. The summed E-state index contributed by atoms with van der Waals surface area (Å²) in [6, 6.07) is 14.9. The molecule has 0 unspecified atom stereocenters. The standard InChI is InChI=1S/C17H18N2O3S/c1-13-6-5-7-14(12-13)19(2)23(20,21)11-10-16-15-8-3-4-9-17(15)22-18-16/h3-9,12H,10-11H2,1-2H3. The molecule has 0 bridgehead atoms. The van der Waals surface area contributed by atoms with Crippen LogP contribution in [-0.4, -0.2) is 26.4 Å². The van der Waals surface area contributed by atoms with Gasteiger partial charge in [0, 0.05) is 18.9 Å². The molecule has 3 rings (SSSR count). The maximum absolute atomic E-state index is 12.5. The molecule has 23 heavy (non-hydrogen) atoms. The SMILES string of the molecule is Cc1cccc(N(C)S(=O)(=O)CCc2noc3ccccc23)c1. The summed E-state index contributed by atoms with van der Waals surface area (Å²) in [5, 5.41) is 4.85. The molecule has 0 radical (unpaired) electrons. The number of nitrogens with zero attached hydrogens (tertiary/aromatic N) is 2. The van der Waals surface area contributed by atoms with Gasteiger partial charge >= 0.3 is 0 Å². The van der Waals surface area contributed by atoms with Crippen molar-refractivity contribution in [2.75, 3.05) is 17.1 Å². The third-order valence-electron chi connectivity index (χ3n) is 3.83. The largest absolute Gasteiger partial charge is 0.356 e. The molecule has 0 aliphatic carbocycles. The number of sulfonamides is 1. The molecule has 0 aliphatic heterocycles. The predicted molar refractivity (Wildman–Crippen MR) is 91.1 cm³/mol. The minimum absolute atomic E-state index is 0.0199. The summed E-state index contributed by atoms with van der Waals surface area (Å²) in [5.74, 6) is -0.0199. The summed E-state index contributed by atoms with van der Waals surface area (Å²) >= 11 is 0. The van der Waals surface area contributed by atoms with Gasteiger partial charge in [-0.1, -0.05) is 29.4 Å². The molecule has 3 aromatic rings. The molecular formula is C17H18N2O3S. The molecule has 2 aromatic carbocycles. The third-order valence-corrected chi connectivity index (χ3v) is 5.60. The molecule has 0 aliphatic rings. The Morgan fingerprint density at radius 2 is 1.91 bits per heavy atom. The van der Waals surface area contributed by atoms with Crippen molar-refractivity contribution in [3.8, 4) is 0 Å². The van der Waals surface area contributed by atoms with Crippen molar-refractivity contribution in [2.24, 2.45) is 0 Å². The Labute approximate surface area is 135 Å². The topological polar surface area (TPSA) is 63.4 Å². The Kier molecular flexibility index (Phi) is 4.09. The fourth-order valence-corrected chi connectivity index (χ4v) is 3.63. The number of rotatable bonds is 5. The van der Waals surface area contributed by atoms with Gasteiger partial charge in [-0.15, -0.1) is 0 Å². The normalized spacial score (nSPS) is 11.7. The zero-order valence-electron chi connectivity index (χ0n) is 13.1. The van der Waals surface area contributed by atoms with Crippen LogP contribution in [0.1, 0.15) is 11.3 Å². The van der Waals surface area contributed by atoms with Crippen LogP contribution in [0.4, 0.5) is 5.69 Å². The van der Waals surface area contributed by atoms with Gasteiger partial charge in [-0.2, -0.15) is 0 Å². The van der Waals surface area contributed by atoms with E-state index in [9.17, 15) is 8.42 Å². The van der Waals surface area contributed by atoms with Gasteiger partial charge in [-0.25, -0.2) is 8.42 Å². The van der Waals surface area contributed by atoms with Gasteiger partial charge in [-0.3, -0.25) is 4.31 Å². The lowest BCUT2D eigenvalue weighted by Crippen LogP contribution is -2.29. The molecule has 0 spiro atoms. The summed E-state index contributed by atoms with van der Waals surface area (Å²) in [6.07, 6.45) is 0.315. The summed E-state index contributed by atoms with van der Waals surface area (Å²) in [6.45, 7) is 1.94. The molecule has 0 fully saturated rings. The van der Waals surface area contributed by atoms with Crippen molar-refractivity contribution in [1.29, 1.82) is 0 Å². The van der Waals surface area contributed by atoms with E-state index in [1.807, 2.05) is 49.4 Å². The van der Waals surface area contributed by atoms with Gasteiger partial charge in [0.1, 0.15) is 0 Å². The molecule has 1 heterocycles. The average Bonchev–Trinajstić information content (AvgIpc) is 2.95. The van der Waals surface area contributed by atoms with Gasteiger partial charge in [0.05, 0.1) is 17.1 Å². The number of hydrogen-bond acceptors (Lipinski definition) is 4. The highest BCUT2D eigenvalue weighted by atomic mass is 32.2. The summed E-state index contributed by atoms with van der Waals surface area (Å²) in [7, 11) is -1.85. The average molecular weight is 330 g/mol. The van der Waals surface area contributed by atoms with Crippen molar-refractivity contribution in [3.63, 3.8) is 0 Å². The van der Waals surface area contributed by atoms with Crippen LogP contribution in [0.2, 0.25) is 0 Å². The van der Waals surface area contributed by atoms with Crippen LogP contribution in [0.15, 0.2) is 53.1 Å². The molecule has 0 saturated carbocycles. The monoisotopic (exact) mass is 330 g/mol. The van der Waals surface area contributed by atoms with Crippen LogP contribution in [-0.2, 0) is 16.4 Å². The van der Waals surface area contributed by atoms with Crippen molar-refractivity contribution in [1.82, 2.24) is 5.16 Å². The van der Waals surface area contributed by atoms with E-state index in [1.165, 1.54) is 4.31 Å². The van der Waals surface area contributed by atoms with Gasteiger partial charge < -0.3 is 4.52 Å². The molecule has 0 saturated heterocycles. The zero-order valence-corrected chi connectivity index (χ0v) is 13.9. The van der Waals surface area contributed by atoms with Crippen LogP contribution in [0.25, 0.3) is 11.0 Å². The number of para-hydroxylation sites is 1. The second-order valence-corrected chi connectivity index (χ2v) is 7.62. The highest BCUT2D eigenvalue weighted by molar-refractivity contribution is 7.92. The van der Waals surface area contributed by atoms with E-state index >= 15 is 0 Å². The Bertz CT molecular complexity index is 932. The Hall–Kier alpha value is -2.34. The first-order chi connectivity index (χ1) is 11.0. The van der Waals surface area contributed by atoms with Crippen LogP contribution >= 0.6 is 0 Å². The van der Waals surface area contributed by atoms with Crippen molar-refractivity contribution in [3.05, 3.63) is 59.8 Å². The Morgan fingerprint density at radius 3 is 2.70 bits per heavy atom. The lowest BCUT2D eigenvalue weighted by Gasteiger charge is -2.19. The number of anilines is 1. The van der Waals surface area contributed by atoms with Crippen LogP contribution in [0.3, 0.4) is 0 Å². The predicted octanol–water partition coefficient (Wildman–Crippen LogP) is 3.14. The molecule has 0 N–H and O–H groups in total. The van der Waals surface area contributed by atoms with E-state index in [1.54, 1.807) is 13.1 Å². The molecule has 5 nitrogen and oxygen atoms in total. The maximum Gasteiger partial charge on any atom is 0.235 e. The van der Waals surface area contributed by atoms with E-state index < -0.39 is 10.0 Å². The smallest absolute Gasteiger partial charge is 0.235 e. The van der Waals surface area contributed by atoms with E-state index in [0.717, 1.165) is 10.9 Å². The number of aromatic nitrogens is 1. The second kappa shape index (κ2) is 6.04. The first-order valence-electron chi connectivity index (χ1n) is 7.34. The molecule has 6 heteroatoms. The number of hydrogen-bond donors (Lipinski definition) is 0. The van der Waals surface area contributed by atoms with Gasteiger partial charge in [0.25, 0.3) is 0 Å². The second-order valence-electron chi connectivity index (χ2n) is 5.50. The quantitative estimate of drug-likeness (QED) is 0.721.